The Hall–Kier alpha value is -1.14. The van der Waals surface area contributed by atoms with Crippen LogP contribution in [0.1, 0.15) is 18.5 Å². The smallest absolute Gasteiger partial charge is 0.332 e. The number of hydrogen-bond donors (Lipinski definition) is 1. The molecule has 0 spiro atoms. The van der Waals surface area contributed by atoms with Gasteiger partial charge < -0.3 is 14.4 Å². The van der Waals surface area contributed by atoms with Crippen molar-refractivity contribution in [3.63, 3.8) is 0 Å². The van der Waals surface area contributed by atoms with Gasteiger partial charge in [-0.2, -0.15) is 0 Å². The van der Waals surface area contributed by atoms with Crippen molar-refractivity contribution in [3.8, 4) is 0 Å². The van der Waals surface area contributed by atoms with Crippen LogP contribution in [0, 0.1) is 6.92 Å². The second-order valence-electron chi connectivity index (χ2n) is 3.92. The summed E-state index contributed by atoms with van der Waals surface area (Å²) < 4.78 is 6.99. The van der Waals surface area contributed by atoms with Gasteiger partial charge in [0.15, 0.2) is 6.10 Å². The molecule has 1 aliphatic heterocycles. The number of rotatable bonds is 3. The third-order valence-electron chi connectivity index (χ3n) is 2.75. The van der Waals surface area contributed by atoms with Crippen molar-refractivity contribution in [3.05, 3.63) is 20.7 Å². The predicted molar refractivity (Wildman–Crippen MR) is 58.8 cm³/mol. The average Bonchev–Trinajstić information content (AvgIpc) is 2.80. The summed E-state index contributed by atoms with van der Waals surface area (Å²) in [5, 5.41) is 10.6. The van der Waals surface area contributed by atoms with E-state index in [-0.39, 0.29) is 11.0 Å². The van der Waals surface area contributed by atoms with Crippen LogP contribution in [0.4, 0.5) is 0 Å². The first-order valence-corrected chi connectivity index (χ1v) is 5.99. The lowest BCUT2D eigenvalue weighted by atomic mass is 10.2. The Morgan fingerprint density at radius 2 is 2.44 bits per heavy atom. The lowest BCUT2D eigenvalue weighted by molar-refractivity contribution is -0.149. The summed E-state index contributed by atoms with van der Waals surface area (Å²) in [5.74, 6) is -0.920. The van der Waals surface area contributed by atoms with Crippen LogP contribution >= 0.6 is 11.3 Å². The van der Waals surface area contributed by atoms with Gasteiger partial charge in [0.05, 0.1) is 12.6 Å². The normalized spacial score (nSPS) is 24.8. The highest BCUT2D eigenvalue weighted by atomic mass is 32.1. The molecule has 1 aromatic rings. The van der Waals surface area contributed by atoms with E-state index in [0.29, 0.717) is 19.4 Å². The molecule has 0 aromatic carbocycles. The Bertz CT molecular complexity index is 450. The average molecular weight is 243 g/mol. The van der Waals surface area contributed by atoms with Gasteiger partial charge >= 0.3 is 10.8 Å². The molecule has 1 N–H and O–H groups in total. The molecule has 88 valence electrons. The van der Waals surface area contributed by atoms with E-state index in [4.69, 9.17) is 9.84 Å². The number of aliphatic carboxylic acids is 1. The van der Waals surface area contributed by atoms with Crippen molar-refractivity contribution < 1.29 is 14.6 Å². The molecule has 1 fully saturated rings. The maximum atomic E-state index is 11.5. The molecule has 5 nitrogen and oxygen atoms in total. The predicted octanol–water partition coefficient (Wildman–Crippen LogP) is 0.850. The lowest BCUT2D eigenvalue weighted by Crippen LogP contribution is -2.26. The van der Waals surface area contributed by atoms with E-state index in [1.54, 1.807) is 9.95 Å². The van der Waals surface area contributed by atoms with Crippen molar-refractivity contribution in [2.45, 2.75) is 38.5 Å². The molecular formula is C10H13NO4S. The summed E-state index contributed by atoms with van der Waals surface area (Å²) in [4.78, 5) is 22.1. The van der Waals surface area contributed by atoms with Crippen LogP contribution < -0.4 is 4.87 Å². The standard InChI is InChI=1S/C10H13NO4S/c1-6-5-16-10(14)11(6)4-7-2-3-8(15-7)9(12)13/h5,7-8H,2-4H2,1H3,(H,12,13). The first-order chi connectivity index (χ1) is 7.58. The number of thiazole rings is 1. The Morgan fingerprint density at radius 3 is 2.94 bits per heavy atom. The third kappa shape index (κ3) is 2.17. The van der Waals surface area contributed by atoms with E-state index in [2.05, 4.69) is 0 Å². The minimum atomic E-state index is -0.920. The van der Waals surface area contributed by atoms with Gasteiger partial charge in [-0.05, 0) is 19.8 Å². The van der Waals surface area contributed by atoms with Gasteiger partial charge in [0.25, 0.3) is 0 Å². The molecule has 2 rings (SSSR count). The van der Waals surface area contributed by atoms with Crippen molar-refractivity contribution >= 4 is 17.3 Å². The Kier molecular flexibility index (Phi) is 3.11. The molecule has 6 heteroatoms. The van der Waals surface area contributed by atoms with Gasteiger partial charge in [-0.15, -0.1) is 0 Å². The maximum absolute atomic E-state index is 11.5. The zero-order valence-electron chi connectivity index (χ0n) is 8.88. The number of hydrogen-bond acceptors (Lipinski definition) is 4. The summed E-state index contributed by atoms with van der Waals surface area (Å²) in [5.41, 5.74) is 0.900. The fraction of sp³-hybridized carbons (Fsp3) is 0.600. The molecule has 0 bridgehead atoms. The molecule has 0 amide bonds. The molecule has 2 unspecified atom stereocenters. The molecule has 1 saturated heterocycles. The van der Waals surface area contributed by atoms with Crippen molar-refractivity contribution in [2.75, 3.05) is 0 Å². The lowest BCUT2D eigenvalue weighted by Gasteiger charge is -2.12. The highest BCUT2D eigenvalue weighted by Gasteiger charge is 2.30. The molecule has 0 aliphatic carbocycles. The fourth-order valence-corrected chi connectivity index (χ4v) is 2.60. The number of nitrogens with zero attached hydrogens (tertiary/aromatic N) is 1. The summed E-state index contributed by atoms with van der Waals surface area (Å²) in [6.07, 6.45) is 0.350. The van der Waals surface area contributed by atoms with Gasteiger partial charge in [-0.1, -0.05) is 11.3 Å². The van der Waals surface area contributed by atoms with Gasteiger partial charge in [0.1, 0.15) is 0 Å². The first kappa shape index (κ1) is 11.3. The monoisotopic (exact) mass is 243 g/mol. The number of carboxylic acids is 1. The molecule has 2 heterocycles. The molecular weight excluding hydrogens is 230 g/mol. The van der Waals surface area contributed by atoms with Crippen LogP contribution in [0.2, 0.25) is 0 Å². The topological polar surface area (TPSA) is 68.5 Å². The zero-order chi connectivity index (χ0) is 11.7. The van der Waals surface area contributed by atoms with Gasteiger partial charge in [0, 0.05) is 11.1 Å². The van der Waals surface area contributed by atoms with Crippen LogP contribution in [0.25, 0.3) is 0 Å². The van der Waals surface area contributed by atoms with Crippen LogP contribution in [0.3, 0.4) is 0 Å². The van der Waals surface area contributed by atoms with E-state index >= 15 is 0 Å². The molecule has 0 saturated carbocycles. The van der Waals surface area contributed by atoms with Crippen LogP contribution in [0.5, 0.6) is 0 Å². The van der Waals surface area contributed by atoms with E-state index in [0.717, 1.165) is 17.0 Å². The highest BCUT2D eigenvalue weighted by Crippen LogP contribution is 2.21. The third-order valence-corrected chi connectivity index (χ3v) is 3.63. The minimum absolute atomic E-state index is 0.0140. The van der Waals surface area contributed by atoms with Crippen molar-refractivity contribution in [1.29, 1.82) is 0 Å². The van der Waals surface area contributed by atoms with E-state index < -0.39 is 12.1 Å². The summed E-state index contributed by atoms with van der Waals surface area (Å²) in [6.45, 7) is 2.32. The van der Waals surface area contributed by atoms with E-state index in [9.17, 15) is 9.59 Å². The Balaban J connectivity index is 2.02. The molecule has 2 atom stereocenters. The Labute approximate surface area is 96.3 Å². The zero-order valence-corrected chi connectivity index (χ0v) is 9.70. The van der Waals surface area contributed by atoms with E-state index in [1.165, 1.54) is 0 Å². The number of aryl methyl sites for hydroxylation is 1. The van der Waals surface area contributed by atoms with Gasteiger partial charge in [0.2, 0.25) is 0 Å². The van der Waals surface area contributed by atoms with Gasteiger partial charge in [-0.3, -0.25) is 4.79 Å². The number of aromatic nitrogens is 1. The van der Waals surface area contributed by atoms with Crippen LogP contribution in [0.15, 0.2) is 10.2 Å². The number of ether oxygens (including phenoxy) is 1. The fourth-order valence-electron chi connectivity index (χ4n) is 1.85. The maximum Gasteiger partial charge on any atom is 0.332 e. The largest absolute Gasteiger partial charge is 0.479 e. The summed E-state index contributed by atoms with van der Waals surface area (Å²) >= 11 is 1.16. The second kappa shape index (κ2) is 4.39. The molecule has 1 aromatic heterocycles. The summed E-state index contributed by atoms with van der Waals surface area (Å²) in [7, 11) is 0. The SMILES string of the molecule is Cc1csc(=O)n1CC1CCC(C(=O)O)O1. The molecule has 0 radical (unpaired) electrons. The number of carboxylic acid groups (broad SMARTS) is 1. The summed E-state index contributed by atoms with van der Waals surface area (Å²) in [6, 6.07) is 0. The second-order valence-corrected chi connectivity index (χ2v) is 4.74. The van der Waals surface area contributed by atoms with E-state index in [1.807, 2.05) is 6.92 Å². The van der Waals surface area contributed by atoms with Crippen molar-refractivity contribution in [1.82, 2.24) is 4.57 Å². The minimum Gasteiger partial charge on any atom is -0.479 e. The molecule has 1 aliphatic rings. The highest BCUT2D eigenvalue weighted by molar-refractivity contribution is 7.07. The first-order valence-electron chi connectivity index (χ1n) is 5.11. The number of carbonyl (C=O) groups is 1. The van der Waals surface area contributed by atoms with Crippen molar-refractivity contribution in [2.24, 2.45) is 0 Å². The van der Waals surface area contributed by atoms with Crippen LogP contribution in [-0.2, 0) is 16.1 Å². The van der Waals surface area contributed by atoms with Crippen LogP contribution in [-0.4, -0.2) is 27.9 Å². The quantitative estimate of drug-likeness (QED) is 0.854. The Morgan fingerprint density at radius 1 is 1.69 bits per heavy atom. The van der Waals surface area contributed by atoms with Gasteiger partial charge in [-0.25, -0.2) is 4.79 Å². The molecule has 16 heavy (non-hydrogen) atoms.